The normalized spacial score (nSPS) is 13.2. The number of hydrogen-bond acceptors (Lipinski definition) is 4. The third-order valence-electron chi connectivity index (χ3n) is 3.39. The van der Waals surface area contributed by atoms with E-state index < -0.39 is 0 Å². The molecule has 1 aliphatic carbocycles. The molecule has 1 N–H and O–H groups in total. The predicted octanol–water partition coefficient (Wildman–Crippen LogP) is 3.37. The van der Waals surface area contributed by atoms with Gasteiger partial charge < -0.3 is 14.8 Å². The highest BCUT2D eigenvalue weighted by molar-refractivity contribution is 5.94. The molecule has 1 fully saturated rings. The van der Waals surface area contributed by atoms with Crippen molar-refractivity contribution in [1.29, 1.82) is 0 Å². The average molecular weight is 311 g/mol. The van der Waals surface area contributed by atoms with Crippen molar-refractivity contribution in [2.75, 3.05) is 11.9 Å². The zero-order valence-electron chi connectivity index (χ0n) is 12.5. The predicted molar refractivity (Wildman–Crippen MR) is 85.3 cm³/mol. The Kier molecular flexibility index (Phi) is 4.57. The first-order chi connectivity index (χ1) is 11.2. The zero-order chi connectivity index (χ0) is 16.1. The number of carbonyl (C=O) groups excluding carboxylic acids is 2. The molecule has 0 atom stereocenters. The first-order valence-corrected chi connectivity index (χ1v) is 7.51. The Hall–Kier alpha value is -2.82. The van der Waals surface area contributed by atoms with E-state index in [0.717, 1.165) is 12.8 Å². The minimum Gasteiger partial charge on any atom is -0.455 e. The lowest BCUT2D eigenvalue weighted by atomic mass is 10.3. The highest BCUT2D eigenvalue weighted by atomic mass is 16.5. The summed E-state index contributed by atoms with van der Waals surface area (Å²) in [6.45, 7) is -0.283. The summed E-state index contributed by atoms with van der Waals surface area (Å²) in [4.78, 5) is 23.4. The summed E-state index contributed by atoms with van der Waals surface area (Å²) >= 11 is 0. The maximum absolute atomic E-state index is 11.9. The van der Waals surface area contributed by atoms with Gasteiger partial charge in [-0.05, 0) is 37.1 Å². The van der Waals surface area contributed by atoms with Crippen molar-refractivity contribution in [3.05, 3.63) is 54.6 Å². The Morgan fingerprint density at radius 2 is 1.70 bits per heavy atom. The van der Waals surface area contributed by atoms with Crippen molar-refractivity contribution in [1.82, 2.24) is 0 Å². The first-order valence-electron chi connectivity index (χ1n) is 7.51. The van der Waals surface area contributed by atoms with Crippen molar-refractivity contribution in [2.24, 2.45) is 5.92 Å². The maximum atomic E-state index is 11.9. The number of anilines is 1. The Morgan fingerprint density at radius 1 is 1.00 bits per heavy atom. The van der Waals surface area contributed by atoms with Crippen LogP contribution in [0.15, 0.2) is 54.6 Å². The van der Waals surface area contributed by atoms with Crippen LogP contribution in [0.1, 0.15) is 12.8 Å². The van der Waals surface area contributed by atoms with Crippen LogP contribution in [-0.2, 0) is 14.3 Å². The number of benzene rings is 2. The molecule has 0 heterocycles. The molecule has 5 nitrogen and oxygen atoms in total. The van der Waals surface area contributed by atoms with Gasteiger partial charge in [-0.15, -0.1) is 0 Å². The molecule has 0 unspecified atom stereocenters. The number of carbonyl (C=O) groups is 2. The second-order valence-electron chi connectivity index (χ2n) is 5.34. The van der Waals surface area contributed by atoms with Gasteiger partial charge in [0.15, 0.2) is 12.4 Å². The van der Waals surface area contributed by atoms with Gasteiger partial charge in [0, 0.05) is 0 Å². The summed E-state index contributed by atoms with van der Waals surface area (Å²) in [5, 5.41) is 2.70. The molecule has 0 spiro atoms. The largest absolute Gasteiger partial charge is 0.455 e. The number of hydrogen-bond donors (Lipinski definition) is 1. The van der Waals surface area contributed by atoms with Crippen LogP contribution in [0.3, 0.4) is 0 Å². The van der Waals surface area contributed by atoms with E-state index in [0.29, 0.717) is 17.2 Å². The van der Waals surface area contributed by atoms with E-state index in [1.54, 1.807) is 18.2 Å². The fraction of sp³-hybridized carbons (Fsp3) is 0.222. The Labute approximate surface area is 134 Å². The van der Waals surface area contributed by atoms with Gasteiger partial charge in [-0.3, -0.25) is 9.59 Å². The monoisotopic (exact) mass is 311 g/mol. The van der Waals surface area contributed by atoms with Crippen LogP contribution in [0.4, 0.5) is 5.69 Å². The van der Waals surface area contributed by atoms with Crippen LogP contribution in [0.2, 0.25) is 0 Å². The van der Waals surface area contributed by atoms with E-state index in [2.05, 4.69) is 5.32 Å². The Morgan fingerprint density at radius 3 is 2.43 bits per heavy atom. The van der Waals surface area contributed by atoms with E-state index in [-0.39, 0.29) is 24.4 Å². The third kappa shape index (κ3) is 4.32. The van der Waals surface area contributed by atoms with E-state index in [1.165, 1.54) is 0 Å². The van der Waals surface area contributed by atoms with E-state index in [4.69, 9.17) is 9.47 Å². The average Bonchev–Trinajstić information content (AvgIpc) is 3.40. The van der Waals surface area contributed by atoms with Crippen molar-refractivity contribution >= 4 is 17.6 Å². The molecule has 0 radical (unpaired) electrons. The third-order valence-corrected chi connectivity index (χ3v) is 3.39. The molecule has 1 amide bonds. The first kappa shape index (κ1) is 15.1. The molecule has 0 saturated heterocycles. The molecule has 0 bridgehead atoms. The van der Waals surface area contributed by atoms with Crippen LogP contribution in [0.5, 0.6) is 11.5 Å². The second kappa shape index (κ2) is 6.96. The molecule has 2 aromatic carbocycles. The molecule has 1 aliphatic rings. The number of para-hydroxylation sites is 3. The molecule has 5 heteroatoms. The molecule has 118 valence electrons. The molecular weight excluding hydrogens is 294 g/mol. The minimum absolute atomic E-state index is 0.0171. The van der Waals surface area contributed by atoms with Gasteiger partial charge in [-0.25, -0.2) is 0 Å². The number of ether oxygens (including phenoxy) is 2. The van der Waals surface area contributed by atoms with Crippen LogP contribution in [0.25, 0.3) is 0 Å². The van der Waals surface area contributed by atoms with Crippen molar-refractivity contribution < 1.29 is 19.1 Å². The Balaban J connectivity index is 1.60. The molecule has 2 aromatic rings. The standard InChI is InChI=1S/C18H17NO4/c20-17(12-22-18(21)13-10-11-13)19-15-8-4-5-9-16(15)23-14-6-2-1-3-7-14/h1-9,13H,10-12H2,(H,19,20). The smallest absolute Gasteiger partial charge is 0.309 e. The number of rotatable bonds is 6. The lowest BCUT2D eigenvalue weighted by Gasteiger charge is -2.12. The van der Waals surface area contributed by atoms with Crippen LogP contribution >= 0.6 is 0 Å². The summed E-state index contributed by atoms with van der Waals surface area (Å²) in [5.41, 5.74) is 0.531. The molecule has 0 aliphatic heterocycles. The lowest BCUT2D eigenvalue weighted by molar-refractivity contribution is -0.148. The number of amides is 1. The SMILES string of the molecule is O=C(COC(=O)C1CC1)Nc1ccccc1Oc1ccccc1. The molecule has 3 rings (SSSR count). The van der Waals surface area contributed by atoms with Gasteiger partial charge in [0.1, 0.15) is 5.75 Å². The summed E-state index contributed by atoms with van der Waals surface area (Å²) in [7, 11) is 0. The molecule has 0 aromatic heterocycles. The maximum Gasteiger partial charge on any atom is 0.309 e. The van der Waals surface area contributed by atoms with E-state index in [9.17, 15) is 9.59 Å². The topological polar surface area (TPSA) is 64.6 Å². The number of esters is 1. The summed E-state index contributed by atoms with van der Waals surface area (Å²) in [6, 6.07) is 16.4. The summed E-state index contributed by atoms with van der Waals surface area (Å²) in [6.07, 6.45) is 1.71. The van der Waals surface area contributed by atoms with E-state index >= 15 is 0 Å². The zero-order valence-corrected chi connectivity index (χ0v) is 12.5. The highest BCUT2D eigenvalue weighted by Crippen LogP contribution is 2.30. The van der Waals surface area contributed by atoms with Crippen LogP contribution in [-0.4, -0.2) is 18.5 Å². The fourth-order valence-corrected chi connectivity index (χ4v) is 2.03. The highest BCUT2D eigenvalue weighted by Gasteiger charge is 2.31. The van der Waals surface area contributed by atoms with Gasteiger partial charge in [0.05, 0.1) is 11.6 Å². The Bertz CT molecular complexity index is 695. The lowest BCUT2D eigenvalue weighted by Crippen LogP contribution is -2.21. The summed E-state index contributed by atoms with van der Waals surface area (Å²) in [5.74, 6) is 0.503. The van der Waals surface area contributed by atoms with Gasteiger partial charge in [0.25, 0.3) is 5.91 Å². The molecule has 1 saturated carbocycles. The summed E-state index contributed by atoms with van der Waals surface area (Å²) < 4.78 is 10.7. The fourth-order valence-electron chi connectivity index (χ4n) is 2.03. The van der Waals surface area contributed by atoms with Gasteiger partial charge >= 0.3 is 5.97 Å². The van der Waals surface area contributed by atoms with Crippen LogP contribution < -0.4 is 10.1 Å². The minimum atomic E-state index is -0.386. The molecular formula is C18H17NO4. The van der Waals surface area contributed by atoms with Crippen LogP contribution in [0, 0.1) is 5.92 Å². The van der Waals surface area contributed by atoms with Crippen molar-refractivity contribution in [3.8, 4) is 11.5 Å². The van der Waals surface area contributed by atoms with E-state index in [1.807, 2.05) is 36.4 Å². The molecule has 23 heavy (non-hydrogen) atoms. The number of nitrogens with one attached hydrogen (secondary N) is 1. The second-order valence-corrected chi connectivity index (χ2v) is 5.34. The van der Waals surface area contributed by atoms with Crippen molar-refractivity contribution in [2.45, 2.75) is 12.8 Å². The quantitative estimate of drug-likeness (QED) is 0.831. The van der Waals surface area contributed by atoms with Gasteiger partial charge in [-0.2, -0.15) is 0 Å². The van der Waals surface area contributed by atoms with Gasteiger partial charge in [-0.1, -0.05) is 30.3 Å². The van der Waals surface area contributed by atoms with Gasteiger partial charge in [0.2, 0.25) is 0 Å². The van der Waals surface area contributed by atoms with Crippen molar-refractivity contribution in [3.63, 3.8) is 0 Å².